The fourth-order valence-electron chi connectivity index (χ4n) is 1.04. The van der Waals surface area contributed by atoms with Crippen molar-refractivity contribution in [1.82, 2.24) is 20.1 Å². The number of nitrogens with two attached hydrogens (primary N) is 1. The largest absolute Gasteiger partial charge is 0.370 e. The minimum atomic E-state index is -0.0782. The molecule has 92 valence electrons. The van der Waals surface area contributed by atoms with Crippen LogP contribution in [0.2, 0.25) is 0 Å². The summed E-state index contributed by atoms with van der Waals surface area (Å²) in [6, 6.07) is 0. The summed E-state index contributed by atoms with van der Waals surface area (Å²) >= 11 is 0. The summed E-state index contributed by atoms with van der Waals surface area (Å²) in [4.78, 5) is 8.18. The third-order valence-corrected chi connectivity index (χ3v) is 1.54. The van der Waals surface area contributed by atoms with Gasteiger partial charge in [0, 0.05) is 12.6 Å². The molecule has 1 rings (SSSR count). The maximum atomic E-state index is 5.69. The molecule has 1 aromatic rings. The number of nitrogens with zero attached hydrogens (tertiary/aromatic N) is 4. The van der Waals surface area contributed by atoms with Crippen LogP contribution >= 0.6 is 24.0 Å². The number of aryl methyl sites for hydroxylation is 1. The minimum Gasteiger partial charge on any atom is -0.370 e. The summed E-state index contributed by atoms with van der Waals surface area (Å²) in [5.74, 6) is 1.08. The van der Waals surface area contributed by atoms with Gasteiger partial charge in [0.2, 0.25) is 0 Å². The summed E-state index contributed by atoms with van der Waals surface area (Å²) in [5.41, 5.74) is 5.61. The first kappa shape index (κ1) is 15.1. The molecule has 6 nitrogen and oxygen atoms in total. The summed E-state index contributed by atoms with van der Waals surface area (Å²) in [6.45, 7) is 6.47. The maximum Gasteiger partial charge on any atom is 0.189 e. The van der Waals surface area contributed by atoms with E-state index >= 15 is 0 Å². The molecule has 1 aromatic heterocycles. The summed E-state index contributed by atoms with van der Waals surface area (Å²) < 4.78 is 1.64. The maximum absolute atomic E-state index is 5.69. The zero-order valence-electron chi connectivity index (χ0n) is 10.1. The predicted molar refractivity (Wildman–Crippen MR) is 74.6 cm³/mol. The Morgan fingerprint density at radius 3 is 2.62 bits per heavy atom. The van der Waals surface area contributed by atoms with Crippen molar-refractivity contribution in [2.24, 2.45) is 17.8 Å². The fraction of sp³-hybridized carbons (Fsp3) is 0.667. The molecule has 3 N–H and O–H groups in total. The molecule has 0 spiro atoms. The van der Waals surface area contributed by atoms with E-state index in [1.54, 1.807) is 11.0 Å². The average Bonchev–Trinajstić information content (AvgIpc) is 2.45. The highest BCUT2D eigenvalue weighted by Crippen LogP contribution is 1.97. The zero-order chi connectivity index (χ0) is 11.5. The highest BCUT2D eigenvalue weighted by Gasteiger charge is 2.09. The lowest BCUT2D eigenvalue weighted by Gasteiger charge is -2.20. The molecule has 0 fully saturated rings. The van der Waals surface area contributed by atoms with Crippen LogP contribution in [0.25, 0.3) is 0 Å². The molecule has 0 aliphatic rings. The number of hydrogen-bond donors (Lipinski definition) is 2. The second-order valence-corrected chi connectivity index (χ2v) is 4.41. The van der Waals surface area contributed by atoms with Crippen LogP contribution in [-0.2, 0) is 13.6 Å². The third-order valence-electron chi connectivity index (χ3n) is 1.54. The van der Waals surface area contributed by atoms with Crippen molar-refractivity contribution in [1.29, 1.82) is 0 Å². The fourth-order valence-corrected chi connectivity index (χ4v) is 1.04. The third kappa shape index (κ3) is 5.89. The molecule has 0 atom stereocenters. The smallest absolute Gasteiger partial charge is 0.189 e. The molecule has 1 heterocycles. The van der Waals surface area contributed by atoms with Gasteiger partial charge >= 0.3 is 0 Å². The second-order valence-electron chi connectivity index (χ2n) is 4.41. The number of guanidine groups is 1. The molecule has 0 bridgehead atoms. The quantitative estimate of drug-likeness (QED) is 0.471. The molecular weight excluding hydrogens is 319 g/mol. The molecule has 0 aliphatic heterocycles. The van der Waals surface area contributed by atoms with E-state index in [9.17, 15) is 0 Å². The van der Waals surface area contributed by atoms with Gasteiger partial charge in [-0.25, -0.2) is 9.98 Å². The Bertz CT molecular complexity index is 351. The van der Waals surface area contributed by atoms with E-state index in [0.29, 0.717) is 18.3 Å². The van der Waals surface area contributed by atoms with Crippen molar-refractivity contribution in [3.8, 4) is 0 Å². The number of aliphatic imine (C=N–C) groups is 1. The first-order chi connectivity index (χ1) is 6.87. The number of rotatable bonds is 2. The van der Waals surface area contributed by atoms with Crippen LogP contribution in [0.15, 0.2) is 11.3 Å². The first-order valence-electron chi connectivity index (χ1n) is 4.79. The Balaban J connectivity index is 0.00000225. The SMILES string of the molecule is Cn1cnc(CN=C(N)NC(C)(C)C)n1.I. The van der Waals surface area contributed by atoms with Gasteiger partial charge in [0.05, 0.1) is 0 Å². The Labute approximate surface area is 113 Å². The molecule has 0 aromatic carbocycles. The molecule has 0 aliphatic carbocycles. The highest BCUT2D eigenvalue weighted by atomic mass is 127. The van der Waals surface area contributed by atoms with Crippen LogP contribution in [0.5, 0.6) is 0 Å². The summed E-state index contributed by atoms with van der Waals surface area (Å²) in [6.07, 6.45) is 1.64. The monoisotopic (exact) mass is 338 g/mol. The van der Waals surface area contributed by atoms with E-state index in [0.717, 1.165) is 0 Å². The van der Waals surface area contributed by atoms with E-state index < -0.39 is 0 Å². The Morgan fingerprint density at radius 1 is 1.56 bits per heavy atom. The van der Waals surface area contributed by atoms with Crippen molar-refractivity contribution in [3.63, 3.8) is 0 Å². The van der Waals surface area contributed by atoms with Crippen molar-refractivity contribution in [3.05, 3.63) is 12.2 Å². The van der Waals surface area contributed by atoms with Gasteiger partial charge in [0.1, 0.15) is 12.9 Å². The van der Waals surface area contributed by atoms with Crippen molar-refractivity contribution in [2.75, 3.05) is 0 Å². The number of hydrogen-bond acceptors (Lipinski definition) is 3. The Kier molecular flexibility index (Phi) is 5.70. The van der Waals surface area contributed by atoms with E-state index in [2.05, 4.69) is 20.4 Å². The molecule has 0 saturated carbocycles. The zero-order valence-corrected chi connectivity index (χ0v) is 12.4. The summed E-state index contributed by atoms with van der Waals surface area (Å²) in [5, 5.41) is 7.16. The van der Waals surface area contributed by atoms with Crippen LogP contribution in [-0.4, -0.2) is 26.3 Å². The van der Waals surface area contributed by atoms with Gasteiger partial charge in [-0.3, -0.25) is 4.68 Å². The van der Waals surface area contributed by atoms with Gasteiger partial charge in [-0.2, -0.15) is 5.10 Å². The van der Waals surface area contributed by atoms with Crippen LogP contribution in [0.1, 0.15) is 26.6 Å². The van der Waals surface area contributed by atoms with E-state index in [1.807, 2.05) is 27.8 Å². The standard InChI is InChI=1S/C9H18N6.HI/c1-9(2,3)13-8(10)11-5-7-12-6-15(4)14-7;/h6H,5H2,1-4H3,(H3,10,11,13);1H. The number of nitrogens with one attached hydrogen (secondary N) is 1. The topological polar surface area (TPSA) is 81.1 Å². The normalized spacial score (nSPS) is 12.1. The van der Waals surface area contributed by atoms with Crippen molar-refractivity contribution < 1.29 is 0 Å². The van der Waals surface area contributed by atoms with Gasteiger partial charge in [-0.1, -0.05) is 0 Å². The average molecular weight is 338 g/mol. The lowest BCUT2D eigenvalue weighted by atomic mass is 10.1. The van der Waals surface area contributed by atoms with E-state index in [4.69, 9.17) is 5.73 Å². The van der Waals surface area contributed by atoms with Crippen LogP contribution in [0.3, 0.4) is 0 Å². The van der Waals surface area contributed by atoms with Gasteiger partial charge in [-0.15, -0.1) is 24.0 Å². The van der Waals surface area contributed by atoms with Crippen molar-refractivity contribution in [2.45, 2.75) is 32.9 Å². The first-order valence-corrected chi connectivity index (χ1v) is 4.79. The molecule has 7 heteroatoms. The minimum absolute atomic E-state index is 0. The predicted octanol–water partition coefficient (Wildman–Crippen LogP) is 0.636. The van der Waals surface area contributed by atoms with E-state index in [-0.39, 0.29) is 29.5 Å². The van der Waals surface area contributed by atoms with Crippen LogP contribution in [0, 0.1) is 0 Å². The highest BCUT2D eigenvalue weighted by molar-refractivity contribution is 14.0. The Morgan fingerprint density at radius 2 is 2.19 bits per heavy atom. The molecule has 0 radical (unpaired) electrons. The lowest BCUT2D eigenvalue weighted by molar-refractivity contribution is 0.508. The van der Waals surface area contributed by atoms with Gasteiger partial charge in [0.25, 0.3) is 0 Å². The molecule has 0 unspecified atom stereocenters. The van der Waals surface area contributed by atoms with Crippen molar-refractivity contribution >= 4 is 29.9 Å². The van der Waals surface area contributed by atoms with E-state index in [1.165, 1.54) is 0 Å². The van der Waals surface area contributed by atoms with Crippen LogP contribution < -0.4 is 11.1 Å². The lowest BCUT2D eigenvalue weighted by Crippen LogP contribution is -2.45. The Hall–Kier alpha value is -0.860. The number of halogens is 1. The molecule has 16 heavy (non-hydrogen) atoms. The number of aromatic nitrogens is 3. The van der Waals surface area contributed by atoms with Gasteiger partial charge in [0.15, 0.2) is 11.8 Å². The second kappa shape index (κ2) is 6.02. The van der Waals surface area contributed by atoms with Gasteiger partial charge in [-0.05, 0) is 20.8 Å². The summed E-state index contributed by atoms with van der Waals surface area (Å²) in [7, 11) is 1.82. The van der Waals surface area contributed by atoms with Crippen LogP contribution in [0.4, 0.5) is 0 Å². The molecular formula is C9H19IN6. The van der Waals surface area contributed by atoms with Gasteiger partial charge < -0.3 is 11.1 Å². The molecule has 0 saturated heterocycles. The molecule has 0 amide bonds.